The zero-order valence-corrected chi connectivity index (χ0v) is 19.9. The van der Waals surface area contributed by atoms with E-state index in [9.17, 15) is 15.2 Å². The lowest BCUT2D eigenvalue weighted by Crippen LogP contribution is -2.46. The molecule has 0 bridgehead atoms. The van der Waals surface area contributed by atoms with Gasteiger partial charge in [0, 0.05) is 40.3 Å². The number of unbranched alkanes of at least 4 members (excludes halogenated alkanes) is 3. The largest absolute Gasteiger partial charge is 0.493 e. The molecular formula is C28H33N3O2. The third kappa shape index (κ3) is 3.78. The lowest BCUT2D eigenvalue weighted by atomic mass is 9.83. The van der Waals surface area contributed by atoms with Crippen molar-refractivity contribution >= 4 is 18.3 Å². The first-order chi connectivity index (χ1) is 15.8. The highest BCUT2D eigenvalue weighted by atomic mass is 16.3. The molecule has 4 rings (SSSR count). The maximum atomic E-state index is 13.3. The number of hydrogen-bond donors (Lipinski definition) is 1. The molecule has 3 heterocycles. The van der Waals surface area contributed by atoms with E-state index in [-0.39, 0.29) is 27.6 Å². The fraction of sp³-hybridized carbons (Fsp3) is 0.429. The van der Waals surface area contributed by atoms with Crippen LogP contribution in [0.2, 0.25) is 0 Å². The molecule has 172 valence electrons. The number of hydrogen-bond acceptors (Lipinski definition) is 4. The van der Waals surface area contributed by atoms with Gasteiger partial charge < -0.3 is 10.0 Å². The molecular weight excluding hydrogens is 410 g/mol. The summed E-state index contributed by atoms with van der Waals surface area (Å²) < 4.78 is 1.33. The van der Waals surface area contributed by atoms with Crippen LogP contribution < -0.4 is 20.9 Å². The van der Waals surface area contributed by atoms with Crippen molar-refractivity contribution in [1.29, 1.82) is 5.26 Å². The molecule has 0 radical (unpaired) electrons. The first-order valence-corrected chi connectivity index (χ1v) is 12.0. The Morgan fingerprint density at radius 1 is 1.24 bits per heavy atom. The van der Waals surface area contributed by atoms with Gasteiger partial charge in [-0.2, -0.15) is 5.26 Å². The number of rotatable bonds is 6. The quantitative estimate of drug-likeness (QED) is 0.689. The number of aryl methyl sites for hydroxylation is 1. The van der Waals surface area contributed by atoms with E-state index in [1.54, 1.807) is 6.08 Å². The van der Waals surface area contributed by atoms with E-state index < -0.39 is 0 Å². The van der Waals surface area contributed by atoms with Gasteiger partial charge in [0.25, 0.3) is 5.56 Å². The highest BCUT2D eigenvalue weighted by Gasteiger charge is 2.41. The van der Waals surface area contributed by atoms with Gasteiger partial charge in [0.1, 0.15) is 11.6 Å². The van der Waals surface area contributed by atoms with Crippen LogP contribution in [0.3, 0.4) is 0 Å². The molecule has 33 heavy (non-hydrogen) atoms. The Kier molecular flexibility index (Phi) is 6.21. The van der Waals surface area contributed by atoms with Crippen molar-refractivity contribution in [2.75, 3.05) is 11.4 Å². The molecule has 0 saturated heterocycles. The van der Waals surface area contributed by atoms with E-state index in [2.05, 4.69) is 50.4 Å². The van der Waals surface area contributed by atoms with E-state index in [0.717, 1.165) is 50.8 Å². The van der Waals surface area contributed by atoms with E-state index in [1.165, 1.54) is 21.4 Å². The standard InChI is InChI=1S/C28H33N3O2/c1-5-6-7-8-16-31-26(32)21(19(2)22(18-29)27(31)33)14-15-24-28(3,4)23-13-9-11-20-12-10-17-30(24)25(20)23/h9,11,13-15,33H,2,5-8,10,12,16-17H2,1,3-4H3/b21-14-,24-15+. The summed E-state index contributed by atoms with van der Waals surface area (Å²) in [6, 6.07) is 8.58. The van der Waals surface area contributed by atoms with Crippen LogP contribution in [-0.4, -0.2) is 16.2 Å². The monoisotopic (exact) mass is 443 g/mol. The van der Waals surface area contributed by atoms with Crippen LogP contribution in [0.1, 0.15) is 69.6 Å². The number of pyridine rings is 1. The molecule has 5 heteroatoms. The van der Waals surface area contributed by atoms with Gasteiger partial charge in [-0.15, -0.1) is 0 Å². The molecule has 0 spiro atoms. The first kappa shape index (κ1) is 22.9. The van der Waals surface area contributed by atoms with E-state index in [1.807, 2.05) is 12.1 Å². The topological polar surface area (TPSA) is 69.3 Å². The Bertz CT molecular complexity index is 1320. The third-order valence-corrected chi connectivity index (χ3v) is 7.16. The van der Waals surface area contributed by atoms with Crippen LogP contribution in [0.4, 0.5) is 5.69 Å². The number of allylic oxidation sites excluding steroid dienone is 2. The van der Waals surface area contributed by atoms with Gasteiger partial charge in [-0.25, -0.2) is 0 Å². The Morgan fingerprint density at radius 2 is 2.03 bits per heavy atom. The summed E-state index contributed by atoms with van der Waals surface area (Å²) in [7, 11) is 0. The van der Waals surface area contributed by atoms with Crippen molar-refractivity contribution in [3.8, 4) is 11.9 Å². The highest BCUT2D eigenvalue weighted by Crippen LogP contribution is 2.50. The molecule has 0 saturated carbocycles. The van der Waals surface area contributed by atoms with Crippen LogP contribution in [-0.2, 0) is 18.4 Å². The summed E-state index contributed by atoms with van der Waals surface area (Å²) in [6.45, 7) is 11.9. The van der Waals surface area contributed by atoms with Crippen molar-refractivity contribution in [2.45, 2.75) is 71.3 Å². The predicted octanol–water partition coefficient (Wildman–Crippen LogP) is 3.82. The average molecular weight is 444 g/mol. The summed E-state index contributed by atoms with van der Waals surface area (Å²) in [4.78, 5) is 15.7. The SMILES string of the molecule is C=c1c(C#N)c(O)n(CCCCCC)c(=O)/c1=C\C=C1\N2CCCc3cccc(c32)C1(C)C. The zero-order chi connectivity index (χ0) is 23.8. The molecule has 0 fully saturated rings. The second-order valence-corrected chi connectivity index (χ2v) is 9.63. The van der Waals surface area contributed by atoms with Gasteiger partial charge in [-0.05, 0) is 42.5 Å². The molecule has 2 aliphatic heterocycles. The minimum Gasteiger partial charge on any atom is -0.493 e. The normalized spacial score (nSPS) is 17.9. The van der Waals surface area contributed by atoms with Gasteiger partial charge in [-0.1, -0.05) is 64.8 Å². The zero-order valence-electron chi connectivity index (χ0n) is 19.9. The summed E-state index contributed by atoms with van der Waals surface area (Å²) in [5, 5.41) is 20.9. The second kappa shape index (κ2) is 8.94. The summed E-state index contributed by atoms with van der Waals surface area (Å²) in [5.74, 6) is -0.275. The molecule has 0 unspecified atom stereocenters. The van der Waals surface area contributed by atoms with Gasteiger partial charge in [0.2, 0.25) is 5.88 Å². The molecule has 1 aromatic heterocycles. The summed E-state index contributed by atoms with van der Waals surface area (Å²) in [6.07, 6.45) is 9.91. The fourth-order valence-electron chi connectivity index (χ4n) is 5.30. The Labute approximate surface area is 195 Å². The molecule has 1 aromatic carbocycles. The predicted molar refractivity (Wildman–Crippen MR) is 134 cm³/mol. The van der Waals surface area contributed by atoms with Crippen LogP contribution in [0.15, 0.2) is 34.8 Å². The van der Waals surface area contributed by atoms with Crippen molar-refractivity contribution in [2.24, 2.45) is 0 Å². The number of nitrogens with zero attached hydrogens (tertiary/aromatic N) is 3. The van der Waals surface area contributed by atoms with Crippen molar-refractivity contribution in [3.63, 3.8) is 0 Å². The summed E-state index contributed by atoms with van der Waals surface area (Å²) in [5.41, 5.74) is 4.72. The van der Waals surface area contributed by atoms with Crippen LogP contribution in [0.25, 0.3) is 12.7 Å². The molecule has 1 N–H and O–H groups in total. The number of aromatic hydroxyl groups is 1. The smallest absolute Gasteiger partial charge is 0.261 e. The van der Waals surface area contributed by atoms with Crippen LogP contribution >= 0.6 is 0 Å². The van der Waals surface area contributed by atoms with E-state index in [4.69, 9.17) is 0 Å². The first-order valence-electron chi connectivity index (χ1n) is 12.0. The molecule has 2 aliphatic rings. The maximum Gasteiger partial charge on any atom is 0.261 e. The van der Waals surface area contributed by atoms with Gasteiger partial charge >= 0.3 is 0 Å². The van der Waals surface area contributed by atoms with Crippen LogP contribution in [0.5, 0.6) is 5.88 Å². The molecule has 5 nitrogen and oxygen atoms in total. The number of para-hydroxylation sites is 1. The van der Waals surface area contributed by atoms with Gasteiger partial charge in [0.05, 0.1) is 0 Å². The fourth-order valence-corrected chi connectivity index (χ4v) is 5.30. The lowest BCUT2D eigenvalue weighted by molar-refractivity contribution is 0.395. The number of nitriles is 1. The second-order valence-electron chi connectivity index (χ2n) is 9.63. The van der Waals surface area contributed by atoms with Gasteiger partial charge in [-0.3, -0.25) is 9.36 Å². The Hall–Kier alpha value is -3.26. The van der Waals surface area contributed by atoms with E-state index in [0.29, 0.717) is 11.8 Å². The number of aromatic nitrogens is 1. The molecule has 0 atom stereocenters. The molecule has 2 aromatic rings. The van der Waals surface area contributed by atoms with Crippen molar-refractivity contribution in [1.82, 2.24) is 4.57 Å². The van der Waals surface area contributed by atoms with Crippen LogP contribution in [0, 0.1) is 11.3 Å². The number of benzene rings is 1. The minimum absolute atomic E-state index is 0.0731. The van der Waals surface area contributed by atoms with Gasteiger partial charge in [0.15, 0.2) is 0 Å². The third-order valence-electron chi connectivity index (χ3n) is 7.16. The van der Waals surface area contributed by atoms with Crippen molar-refractivity contribution in [3.05, 3.63) is 67.5 Å². The highest BCUT2D eigenvalue weighted by molar-refractivity contribution is 5.76. The van der Waals surface area contributed by atoms with Crippen molar-refractivity contribution < 1.29 is 5.11 Å². The molecule has 0 amide bonds. The van der Waals surface area contributed by atoms with E-state index >= 15 is 0 Å². The number of anilines is 1. The molecule has 0 aliphatic carbocycles. The maximum absolute atomic E-state index is 13.3. The Balaban J connectivity index is 1.85. The Morgan fingerprint density at radius 3 is 2.76 bits per heavy atom. The minimum atomic E-state index is -0.294. The average Bonchev–Trinajstić information content (AvgIpc) is 3.02. The summed E-state index contributed by atoms with van der Waals surface area (Å²) >= 11 is 0. The lowest BCUT2D eigenvalue weighted by Gasteiger charge is -2.30.